The van der Waals surface area contributed by atoms with Crippen molar-refractivity contribution in [1.29, 1.82) is 5.26 Å². The lowest BCUT2D eigenvalue weighted by molar-refractivity contribution is 0.183. The molecular formula is C28H27ClN2O3S. The molecule has 1 saturated heterocycles. The van der Waals surface area contributed by atoms with Crippen molar-refractivity contribution in [3.05, 3.63) is 71.6 Å². The number of halogens is 1. The van der Waals surface area contributed by atoms with Gasteiger partial charge in [0, 0.05) is 22.4 Å². The zero-order chi connectivity index (χ0) is 23.3. The molecule has 0 spiro atoms. The Morgan fingerprint density at radius 1 is 0.914 bits per heavy atom. The van der Waals surface area contributed by atoms with Crippen molar-refractivity contribution in [3.63, 3.8) is 0 Å². The normalized spacial score (nSPS) is 13.7. The zero-order valence-electron chi connectivity index (χ0n) is 19.3. The second kappa shape index (κ2) is 11.5. The van der Waals surface area contributed by atoms with Crippen LogP contribution in [0.4, 0.5) is 0 Å². The quantitative estimate of drug-likeness (QED) is 0.286. The van der Waals surface area contributed by atoms with Gasteiger partial charge in [-0.3, -0.25) is 4.90 Å². The number of hydrogen-bond acceptors (Lipinski definition) is 6. The highest BCUT2D eigenvalue weighted by Crippen LogP contribution is 2.42. The minimum atomic E-state index is 0. The zero-order valence-corrected chi connectivity index (χ0v) is 20.9. The topological polar surface area (TPSA) is 65.7 Å². The molecule has 1 aliphatic heterocycles. The van der Waals surface area contributed by atoms with Crippen LogP contribution in [0.2, 0.25) is 0 Å². The number of piperidine rings is 1. The summed E-state index contributed by atoms with van der Waals surface area (Å²) in [6, 6.07) is 22.8. The van der Waals surface area contributed by atoms with Crippen molar-refractivity contribution < 1.29 is 14.6 Å². The van der Waals surface area contributed by atoms with Gasteiger partial charge in [-0.15, -0.1) is 23.7 Å². The summed E-state index contributed by atoms with van der Waals surface area (Å²) in [7, 11) is 0. The van der Waals surface area contributed by atoms with E-state index < -0.39 is 0 Å². The lowest BCUT2D eigenvalue weighted by atomic mass is 10.0. The molecule has 5 rings (SSSR count). The molecule has 0 unspecified atom stereocenters. The molecule has 1 aliphatic rings. The number of nitrogens with zero attached hydrogens (tertiary/aromatic N) is 2. The largest absolute Gasteiger partial charge is 0.508 e. The molecule has 0 aliphatic carbocycles. The van der Waals surface area contributed by atoms with Crippen LogP contribution in [0.15, 0.2) is 66.7 Å². The molecule has 0 amide bonds. The third-order valence-electron chi connectivity index (χ3n) is 6.10. The first-order valence-corrected chi connectivity index (χ1v) is 12.4. The number of nitriles is 1. The number of phenolic OH excluding ortho intramolecular Hbond substituents is 1. The number of ether oxygens (including phenoxy) is 2. The summed E-state index contributed by atoms with van der Waals surface area (Å²) in [5, 5.41) is 21.0. The summed E-state index contributed by atoms with van der Waals surface area (Å²) in [5.41, 5.74) is 0.909. The van der Waals surface area contributed by atoms with Gasteiger partial charge in [0.05, 0.1) is 0 Å². The third-order valence-corrected chi connectivity index (χ3v) is 7.13. The predicted molar refractivity (Wildman–Crippen MR) is 143 cm³/mol. The van der Waals surface area contributed by atoms with E-state index in [2.05, 4.69) is 11.0 Å². The molecule has 0 bridgehead atoms. The number of hydrogen-bond donors (Lipinski definition) is 1. The molecule has 5 nitrogen and oxygen atoms in total. The van der Waals surface area contributed by atoms with E-state index in [0.29, 0.717) is 23.0 Å². The van der Waals surface area contributed by atoms with Crippen LogP contribution in [0.1, 0.15) is 24.1 Å². The third kappa shape index (κ3) is 5.88. The second-order valence-electron chi connectivity index (χ2n) is 8.45. The smallest absolute Gasteiger partial charge is 0.143 e. The van der Waals surface area contributed by atoms with Gasteiger partial charge in [0.2, 0.25) is 0 Å². The van der Waals surface area contributed by atoms with E-state index in [9.17, 15) is 10.4 Å². The second-order valence-corrected chi connectivity index (χ2v) is 9.53. The SMILES string of the molecule is Cl.N#Cc1ccc(-c2ccc3cc(O)ccc3c2Oc2ccc(OCCN3CCCCC3)cc2)s1. The van der Waals surface area contributed by atoms with Crippen LogP contribution in [0.5, 0.6) is 23.0 Å². The fourth-order valence-electron chi connectivity index (χ4n) is 4.33. The van der Waals surface area contributed by atoms with Gasteiger partial charge in [0.25, 0.3) is 0 Å². The van der Waals surface area contributed by atoms with Gasteiger partial charge >= 0.3 is 0 Å². The van der Waals surface area contributed by atoms with Gasteiger partial charge in [-0.1, -0.05) is 12.5 Å². The fraction of sp³-hybridized carbons (Fsp3) is 0.250. The molecule has 35 heavy (non-hydrogen) atoms. The molecule has 2 heterocycles. The van der Waals surface area contributed by atoms with E-state index in [-0.39, 0.29) is 18.2 Å². The molecule has 0 radical (unpaired) electrons. The summed E-state index contributed by atoms with van der Waals surface area (Å²) >= 11 is 1.43. The average molecular weight is 507 g/mol. The van der Waals surface area contributed by atoms with Gasteiger partial charge in [0.15, 0.2) is 0 Å². The molecule has 1 aromatic heterocycles. The first-order chi connectivity index (χ1) is 16.7. The van der Waals surface area contributed by atoms with E-state index in [1.165, 1.54) is 43.7 Å². The van der Waals surface area contributed by atoms with Crippen molar-refractivity contribution in [1.82, 2.24) is 4.90 Å². The Morgan fingerprint density at radius 2 is 1.69 bits per heavy atom. The molecule has 4 aromatic rings. The van der Waals surface area contributed by atoms with Crippen LogP contribution in [-0.4, -0.2) is 36.2 Å². The van der Waals surface area contributed by atoms with Crippen molar-refractivity contribution in [2.75, 3.05) is 26.2 Å². The van der Waals surface area contributed by atoms with Crippen LogP contribution >= 0.6 is 23.7 Å². The Balaban J connectivity index is 0.00000289. The minimum Gasteiger partial charge on any atom is -0.508 e. The Bertz CT molecular complexity index is 1320. The molecule has 0 atom stereocenters. The highest BCUT2D eigenvalue weighted by atomic mass is 35.5. The minimum absolute atomic E-state index is 0. The summed E-state index contributed by atoms with van der Waals surface area (Å²) in [4.78, 5) is 4.07. The maximum absolute atomic E-state index is 9.93. The number of aromatic hydroxyl groups is 1. The summed E-state index contributed by atoms with van der Waals surface area (Å²) in [6.45, 7) is 3.97. The van der Waals surface area contributed by atoms with Gasteiger partial charge < -0.3 is 14.6 Å². The maximum atomic E-state index is 9.93. The first kappa shape index (κ1) is 24.9. The molecule has 1 N–H and O–H groups in total. The molecule has 180 valence electrons. The summed E-state index contributed by atoms with van der Waals surface area (Å²) in [5.74, 6) is 2.43. The van der Waals surface area contributed by atoms with E-state index in [0.717, 1.165) is 33.5 Å². The molecule has 1 fully saturated rings. The predicted octanol–water partition coefficient (Wildman–Crippen LogP) is 7.22. The van der Waals surface area contributed by atoms with Crippen molar-refractivity contribution in [3.8, 4) is 39.5 Å². The van der Waals surface area contributed by atoms with Gasteiger partial charge in [0.1, 0.15) is 40.6 Å². The fourth-order valence-corrected chi connectivity index (χ4v) is 5.16. The molecule has 3 aromatic carbocycles. The Kier molecular flexibility index (Phi) is 8.14. The average Bonchev–Trinajstić information content (AvgIpc) is 3.35. The number of likely N-dealkylation sites (tertiary alicyclic amines) is 1. The molecule has 0 saturated carbocycles. The van der Waals surface area contributed by atoms with E-state index in [1.807, 2.05) is 54.6 Å². The Labute approximate surface area is 215 Å². The number of thiophene rings is 1. The van der Waals surface area contributed by atoms with Crippen LogP contribution in [-0.2, 0) is 0 Å². The van der Waals surface area contributed by atoms with E-state index in [4.69, 9.17) is 9.47 Å². The number of rotatable bonds is 7. The van der Waals surface area contributed by atoms with Gasteiger partial charge in [-0.2, -0.15) is 5.26 Å². The molecular weight excluding hydrogens is 480 g/mol. The number of benzene rings is 3. The monoisotopic (exact) mass is 506 g/mol. The lowest BCUT2D eigenvalue weighted by Gasteiger charge is -2.26. The summed E-state index contributed by atoms with van der Waals surface area (Å²) in [6.07, 6.45) is 3.90. The standard InChI is InChI=1S/C28H26N2O3S.ClH/c29-19-24-10-13-27(34-24)26-11-4-20-18-21(31)5-12-25(20)28(26)33-23-8-6-22(7-9-23)32-17-16-30-14-2-1-3-15-30;/h4-13,18,31H,1-3,14-17H2;1H. The van der Waals surface area contributed by atoms with Gasteiger partial charge in [-0.05, 0) is 92.0 Å². The molecule has 7 heteroatoms. The van der Waals surface area contributed by atoms with Crippen LogP contribution in [0.25, 0.3) is 21.2 Å². The Hall–Kier alpha value is -3.24. The number of phenols is 1. The summed E-state index contributed by atoms with van der Waals surface area (Å²) < 4.78 is 12.3. The van der Waals surface area contributed by atoms with E-state index in [1.54, 1.807) is 12.1 Å². The van der Waals surface area contributed by atoms with Crippen molar-refractivity contribution >= 4 is 34.5 Å². The maximum Gasteiger partial charge on any atom is 0.143 e. The van der Waals surface area contributed by atoms with Crippen molar-refractivity contribution in [2.45, 2.75) is 19.3 Å². The highest BCUT2D eigenvalue weighted by molar-refractivity contribution is 7.16. The van der Waals surface area contributed by atoms with Crippen LogP contribution in [0.3, 0.4) is 0 Å². The van der Waals surface area contributed by atoms with Crippen molar-refractivity contribution in [2.24, 2.45) is 0 Å². The highest BCUT2D eigenvalue weighted by Gasteiger charge is 2.15. The van der Waals surface area contributed by atoms with Crippen LogP contribution in [0, 0.1) is 11.3 Å². The first-order valence-electron chi connectivity index (χ1n) is 11.6. The van der Waals surface area contributed by atoms with Gasteiger partial charge in [-0.25, -0.2) is 0 Å². The Morgan fingerprint density at radius 3 is 2.43 bits per heavy atom. The lowest BCUT2D eigenvalue weighted by Crippen LogP contribution is -2.33. The van der Waals surface area contributed by atoms with E-state index >= 15 is 0 Å². The van der Waals surface area contributed by atoms with Crippen LogP contribution < -0.4 is 9.47 Å². The number of fused-ring (bicyclic) bond motifs is 1.